The molecule has 3 rings (SSSR count). The van der Waals surface area contributed by atoms with Crippen LogP contribution in [-0.2, 0) is 7.05 Å². The molecule has 3 aromatic rings. The van der Waals surface area contributed by atoms with E-state index < -0.39 is 0 Å². The van der Waals surface area contributed by atoms with Gasteiger partial charge in [-0.25, -0.2) is 4.68 Å². The van der Waals surface area contributed by atoms with Crippen molar-refractivity contribution in [3.8, 4) is 0 Å². The molecule has 0 atom stereocenters. The molecule has 7 heteroatoms. The summed E-state index contributed by atoms with van der Waals surface area (Å²) in [5.41, 5.74) is 1.53. The molecule has 0 spiro atoms. The molecule has 1 aromatic carbocycles. The van der Waals surface area contributed by atoms with Gasteiger partial charge in [-0.05, 0) is 38.1 Å². The zero-order valence-corrected chi connectivity index (χ0v) is 13.1. The fourth-order valence-corrected chi connectivity index (χ4v) is 2.35. The monoisotopic (exact) mass is 311 g/mol. The van der Waals surface area contributed by atoms with E-state index in [1.54, 1.807) is 6.20 Å². The number of carbonyl (C=O) groups is 1. The van der Waals surface area contributed by atoms with E-state index in [9.17, 15) is 9.59 Å². The quantitative estimate of drug-likeness (QED) is 0.801. The van der Waals surface area contributed by atoms with Crippen LogP contribution in [0.5, 0.6) is 0 Å². The second kappa shape index (κ2) is 5.68. The minimum Gasteiger partial charge on any atom is -0.321 e. The van der Waals surface area contributed by atoms with Crippen LogP contribution in [-0.4, -0.2) is 25.5 Å². The van der Waals surface area contributed by atoms with Crippen molar-refractivity contribution in [3.05, 3.63) is 52.6 Å². The van der Waals surface area contributed by atoms with E-state index in [1.807, 2.05) is 36.7 Å². The Morgan fingerprint density at radius 2 is 2.00 bits per heavy atom. The summed E-state index contributed by atoms with van der Waals surface area (Å²) in [5, 5.41) is 12.1. The second-order valence-electron chi connectivity index (χ2n) is 5.59. The van der Waals surface area contributed by atoms with E-state index in [1.165, 1.54) is 19.2 Å². The number of amides is 1. The van der Waals surface area contributed by atoms with Crippen molar-refractivity contribution in [1.82, 2.24) is 19.6 Å². The first-order chi connectivity index (χ1) is 11.0. The fraction of sp³-hybridized carbons (Fsp3) is 0.250. The number of benzene rings is 1. The molecule has 0 bridgehead atoms. The molecule has 23 heavy (non-hydrogen) atoms. The predicted molar refractivity (Wildman–Crippen MR) is 87.5 cm³/mol. The number of anilines is 1. The topological polar surface area (TPSA) is 81.8 Å². The molecule has 0 saturated heterocycles. The summed E-state index contributed by atoms with van der Waals surface area (Å²) < 4.78 is 3.03. The highest BCUT2D eigenvalue weighted by Gasteiger charge is 2.11. The minimum absolute atomic E-state index is 0.185. The van der Waals surface area contributed by atoms with Crippen LogP contribution in [0.15, 0.2) is 41.3 Å². The van der Waals surface area contributed by atoms with Crippen LogP contribution in [0.3, 0.4) is 0 Å². The molecule has 0 aliphatic rings. The lowest BCUT2D eigenvalue weighted by Crippen LogP contribution is -2.23. The Morgan fingerprint density at radius 3 is 2.70 bits per heavy atom. The van der Waals surface area contributed by atoms with E-state index in [0.717, 1.165) is 15.6 Å². The van der Waals surface area contributed by atoms with Gasteiger partial charge in [-0.2, -0.15) is 10.2 Å². The zero-order chi connectivity index (χ0) is 16.6. The Morgan fingerprint density at radius 1 is 1.22 bits per heavy atom. The molecular weight excluding hydrogens is 294 g/mol. The molecule has 1 N–H and O–H groups in total. The summed E-state index contributed by atoms with van der Waals surface area (Å²) in [6, 6.07) is 8.55. The van der Waals surface area contributed by atoms with Gasteiger partial charge in [0.2, 0.25) is 0 Å². The van der Waals surface area contributed by atoms with Crippen LogP contribution in [0.25, 0.3) is 10.9 Å². The van der Waals surface area contributed by atoms with Gasteiger partial charge in [0.25, 0.3) is 11.5 Å². The van der Waals surface area contributed by atoms with Gasteiger partial charge in [0.05, 0.1) is 11.7 Å². The lowest BCUT2D eigenvalue weighted by Gasteiger charge is -2.09. The normalized spacial score (nSPS) is 11.1. The molecule has 0 unspecified atom stereocenters. The maximum atomic E-state index is 12.3. The summed E-state index contributed by atoms with van der Waals surface area (Å²) in [4.78, 5) is 23.6. The maximum absolute atomic E-state index is 12.3. The number of fused-ring (bicyclic) bond motifs is 1. The standard InChI is InChI=1S/C16H17N5O2/c1-10(2)21-14-8-12(5-4-11(14)9-17-21)18-16(23)13-6-7-15(22)20(3)19-13/h4-10H,1-3H3,(H,18,23). The predicted octanol–water partition coefficient (Wildman–Crippen LogP) is 1.96. The molecule has 0 fully saturated rings. The van der Waals surface area contributed by atoms with Crippen LogP contribution in [0.2, 0.25) is 0 Å². The number of hydrogen-bond acceptors (Lipinski definition) is 4. The lowest BCUT2D eigenvalue weighted by atomic mass is 10.2. The third-order valence-electron chi connectivity index (χ3n) is 3.54. The average Bonchev–Trinajstić information content (AvgIpc) is 2.93. The van der Waals surface area contributed by atoms with Crippen LogP contribution < -0.4 is 10.9 Å². The summed E-state index contributed by atoms with van der Waals surface area (Å²) in [6.45, 7) is 4.10. The summed E-state index contributed by atoms with van der Waals surface area (Å²) in [6.07, 6.45) is 1.80. The Balaban J connectivity index is 1.91. The molecule has 0 saturated carbocycles. The molecule has 0 radical (unpaired) electrons. The van der Waals surface area contributed by atoms with E-state index in [2.05, 4.69) is 15.5 Å². The van der Waals surface area contributed by atoms with Crippen LogP contribution in [0, 0.1) is 0 Å². The van der Waals surface area contributed by atoms with Crippen molar-refractivity contribution in [3.63, 3.8) is 0 Å². The van der Waals surface area contributed by atoms with E-state index in [0.29, 0.717) is 5.69 Å². The largest absolute Gasteiger partial charge is 0.321 e. The molecule has 118 valence electrons. The lowest BCUT2D eigenvalue weighted by molar-refractivity contribution is 0.102. The third kappa shape index (κ3) is 2.85. The number of aryl methyl sites for hydroxylation is 1. The minimum atomic E-state index is -0.365. The van der Waals surface area contributed by atoms with Gasteiger partial charge in [-0.15, -0.1) is 0 Å². The van der Waals surface area contributed by atoms with Crippen molar-refractivity contribution >= 4 is 22.5 Å². The first-order valence-corrected chi connectivity index (χ1v) is 7.28. The van der Waals surface area contributed by atoms with Gasteiger partial charge in [0, 0.05) is 30.2 Å². The number of carbonyl (C=O) groups excluding carboxylic acids is 1. The Bertz CT molecular complexity index is 939. The molecule has 0 aliphatic heterocycles. The Hall–Kier alpha value is -2.96. The van der Waals surface area contributed by atoms with Gasteiger partial charge in [-0.1, -0.05) is 0 Å². The zero-order valence-electron chi connectivity index (χ0n) is 13.1. The number of hydrogen-bond donors (Lipinski definition) is 1. The maximum Gasteiger partial charge on any atom is 0.276 e. The van der Waals surface area contributed by atoms with Crippen molar-refractivity contribution in [2.75, 3.05) is 5.32 Å². The number of rotatable bonds is 3. The van der Waals surface area contributed by atoms with Gasteiger partial charge in [-0.3, -0.25) is 14.3 Å². The fourth-order valence-electron chi connectivity index (χ4n) is 2.35. The van der Waals surface area contributed by atoms with E-state index >= 15 is 0 Å². The molecule has 2 heterocycles. The number of aromatic nitrogens is 4. The van der Waals surface area contributed by atoms with Crippen molar-refractivity contribution in [1.29, 1.82) is 0 Å². The molecular formula is C16H17N5O2. The first-order valence-electron chi connectivity index (χ1n) is 7.28. The highest BCUT2D eigenvalue weighted by molar-refractivity contribution is 6.03. The molecule has 2 aromatic heterocycles. The van der Waals surface area contributed by atoms with Crippen molar-refractivity contribution in [2.24, 2.45) is 7.05 Å². The third-order valence-corrected chi connectivity index (χ3v) is 3.54. The second-order valence-corrected chi connectivity index (χ2v) is 5.59. The molecule has 1 amide bonds. The summed E-state index contributed by atoms with van der Waals surface area (Å²) in [7, 11) is 1.51. The van der Waals surface area contributed by atoms with Crippen LogP contribution >= 0.6 is 0 Å². The SMILES string of the molecule is CC(C)n1ncc2ccc(NC(=O)c3ccc(=O)n(C)n3)cc21. The highest BCUT2D eigenvalue weighted by atomic mass is 16.2. The van der Waals surface area contributed by atoms with Gasteiger partial charge in [0.1, 0.15) is 5.69 Å². The molecule has 0 aliphatic carbocycles. The van der Waals surface area contributed by atoms with Gasteiger partial charge < -0.3 is 5.32 Å². The van der Waals surface area contributed by atoms with Crippen LogP contribution in [0.4, 0.5) is 5.69 Å². The number of nitrogens with one attached hydrogen (secondary N) is 1. The van der Waals surface area contributed by atoms with E-state index in [4.69, 9.17) is 0 Å². The van der Waals surface area contributed by atoms with Crippen LogP contribution in [0.1, 0.15) is 30.4 Å². The summed E-state index contributed by atoms with van der Waals surface area (Å²) in [5.74, 6) is -0.365. The Kier molecular flexibility index (Phi) is 3.69. The van der Waals surface area contributed by atoms with Crippen molar-refractivity contribution in [2.45, 2.75) is 19.9 Å². The van der Waals surface area contributed by atoms with E-state index in [-0.39, 0.29) is 23.2 Å². The molecule has 7 nitrogen and oxygen atoms in total. The first kappa shape index (κ1) is 15.0. The van der Waals surface area contributed by atoms with Crippen molar-refractivity contribution < 1.29 is 4.79 Å². The van der Waals surface area contributed by atoms with Gasteiger partial charge >= 0.3 is 0 Å². The average molecular weight is 311 g/mol. The highest BCUT2D eigenvalue weighted by Crippen LogP contribution is 2.22. The van der Waals surface area contributed by atoms with Gasteiger partial charge in [0.15, 0.2) is 0 Å². The summed E-state index contributed by atoms with van der Waals surface area (Å²) >= 11 is 0. The smallest absolute Gasteiger partial charge is 0.276 e. The number of nitrogens with zero attached hydrogens (tertiary/aromatic N) is 4. The Labute approximate surface area is 132 Å².